The van der Waals surface area contributed by atoms with Gasteiger partial charge in [-0.25, -0.2) is 0 Å². The number of hydrogen-bond donors (Lipinski definition) is 1. The maximum atomic E-state index is 12.3. The van der Waals surface area contributed by atoms with Gasteiger partial charge in [-0.05, 0) is 80.3 Å². The molecule has 0 radical (unpaired) electrons. The number of carbonyl (C=O) groups excluding carboxylic acids is 2. The standard InChI is InChI=1S/C22H30O3/c1-13-11-16-17(20(3)8-5-15(24)12-19(13)20)6-9-21(4)18(16)7-10-22(21,25)14(2)23/h12,16-18,25H,1,5-11H2,2-4H3/t16-,17-,18-,20+,21+,22-/m1/s1. The Hall–Kier alpha value is -1.22. The van der Waals surface area contributed by atoms with Crippen molar-refractivity contribution in [3.05, 3.63) is 23.8 Å². The summed E-state index contributed by atoms with van der Waals surface area (Å²) in [6.45, 7) is 10.3. The van der Waals surface area contributed by atoms with Crippen LogP contribution in [-0.4, -0.2) is 22.3 Å². The summed E-state index contributed by atoms with van der Waals surface area (Å²) in [4.78, 5) is 24.2. The summed E-state index contributed by atoms with van der Waals surface area (Å²) < 4.78 is 0. The summed E-state index contributed by atoms with van der Waals surface area (Å²) in [7, 11) is 0. The first-order chi connectivity index (χ1) is 11.6. The number of fused-ring (bicyclic) bond motifs is 5. The van der Waals surface area contributed by atoms with Crippen LogP contribution in [0.15, 0.2) is 23.8 Å². The van der Waals surface area contributed by atoms with E-state index in [2.05, 4.69) is 20.4 Å². The average molecular weight is 342 g/mol. The van der Waals surface area contributed by atoms with E-state index in [1.54, 1.807) is 6.92 Å². The van der Waals surface area contributed by atoms with Gasteiger partial charge in [-0.15, -0.1) is 0 Å². The minimum Gasteiger partial charge on any atom is -0.382 e. The van der Waals surface area contributed by atoms with Crippen molar-refractivity contribution in [1.29, 1.82) is 0 Å². The van der Waals surface area contributed by atoms with Crippen molar-refractivity contribution in [2.75, 3.05) is 0 Å². The van der Waals surface area contributed by atoms with Crippen LogP contribution in [0, 0.1) is 28.6 Å². The number of allylic oxidation sites excluding steroid dienone is 2. The third kappa shape index (κ3) is 2.02. The van der Waals surface area contributed by atoms with E-state index in [0.29, 0.717) is 30.6 Å². The molecule has 3 saturated carbocycles. The van der Waals surface area contributed by atoms with E-state index in [1.807, 2.05) is 6.08 Å². The quantitative estimate of drug-likeness (QED) is 0.783. The van der Waals surface area contributed by atoms with Crippen LogP contribution in [0.1, 0.15) is 65.7 Å². The Morgan fingerprint density at radius 2 is 1.88 bits per heavy atom. The molecule has 0 heterocycles. The van der Waals surface area contributed by atoms with Crippen molar-refractivity contribution < 1.29 is 14.7 Å². The molecule has 4 aliphatic carbocycles. The molecule has 136 valence electrons. The summed E-state index contributed by atoms with van der Waals surface area (Å²) in [5.74, 6) is 1.54. The summed E-state index contributed by atoms with van der Waals surface area (Å²) in [6, 6.07) is 0. The van der Waals surface area contributed by atoms with Gasteiger partial charge in [0.15, 0.2) is 11.6 Å². The lowest BCUT2D eigenvalue weighted by molar-refractivity contribution is -0.159. The fraction of sp³-hybridized carbons (Fsp3) is 0.727. The van der Waals surface area contributed by atoms with Crippen LogP contribution in [0.4, 0.5) is 0 Å². The third-order valence-electron chi connectivity index (χ3n) is 8.66. The van der Waals surface area contributed by atoms with E-state index in [4.69, 9.17) is 0 Å². The van der Waals surface area contributed by atoms with E-state index in [-0.39, 0.29) is 22.4 Å². The summed E-state index contributed by atoms with van der Waals surface area (Å²) >= 11 is 0. The van der Waals surface area contributed by atoms with Gasteiger partial charge < -0.3 is 5.11 Å². The largest absolute Gasteiger partial charge is 0.382 e. The molecule has 25 heavy (non-hydrogen) atoms. The Bertz CT molecular complexity index is 704. The number of carbonyl (C=O) groups is 2. The molecular weight excluding hydrogens is 312 g/mol. The lowest BCUT2D eigenvalue weighted by Gasteiger charge is -2.59. The highest BCUT2D eigenvalue weighted by Gasteiger charge is 2.65. The van der Waals surface area contributed by atoms with Crippen molar-refractivity contribution >= 4 is 11.6 Å². The van der Waals surface area contributed by atoms with Crippen LogP contribution >= 0.6 is 0 Å². The molecule has 4 rings (SSSR count). The monoisotopic (exact) mass is 342 g/mol. The highest BCUT2D eigenvalue weighted by atomic mass is 16.3. The average Bonchev–Trinajstić information content (AvgIpc) is 2.83. The zero-order valence-electron chi connectivity index (χ0n) is 15.7. The van der Waals surface area contributed by atoms with Gasteiger partial charge in [0.05, 0.1) is 0 Å². The van der Waals surface area contributed by atoms with Gasteiger partial charge in [-0.1, -0.05) is 26.0 Å². The van der Waals surface area contributed by atoms with E-state index in [9.17, 15) is 14.7 Å². The van der Waals surface area contributed by atoms with Crippen molar-refractivity contribution in [2.45, 2.75) is 71.3 Å². The summed E-state index contributed by atoms with van der Waals surface area (Å²) in [5, 5.41) is 11.2. The first-order valence-electron chi connectivity index (χ1n) is 9.80. The van der Waals surface area contributed by atoms with Gasteiger partial charge in [-0.2, -0.15) is 0 Å². The Balaban J connectivity index is 1.75. The van der Waals surface area contributed by atoms with Crippen molar-refractivity contribution in [2.24, 2.45) is 28.6 Å². The predicted molar refractivity (Wildman–Crippen MR) is 96.9 cm³/mol. The fourth-order valence-electron chi connectivity index (χ4n) is 7.16. The lowest BCUT2D eigenvalue weighted by atomic mass is 9.45. The Morgan fingerprint density at radius 3 is 2.56 bits per heavy atom. The Labute approximate surface area is 150 Å². The molecular formula is C22H30O3. The van der Waals surface area contributed by atoms with Gasteiger partial charge in [0, 0.05) is 11.8 Å². The van der Waals surface area contributed by atoms with Crippen molar-refractivity contribution in [3.63, 3.8) is 0 Å². The molecule has 0 aromatic rings. The van der Waals surface area contributed by atoms with Crippen LogP contribution in [0.25, 0.3) is 0 Å². The molecule has 1 N–H and O–H groups in total. The molecule has 3 heteroatoms. The maximum Gasteiger partial charge on any atom is 0.161 e. The molecule has 3 nitrogen and oxygen atoms in total. The molecule has 0 unspecified atom stereocenters. The van der Waals surface area contributed by atoms with Crippen LogP contribution < -0.4 is 0 Å². The van der Waals surface area contributed by atoms with Gasteiger partial charge in [0.1, 0.15) is 5.60 Å². The molecule has 6 atom stereocenters. The molecule has 4 aliphatic rings. The number of ketones is 2. The molecule has 0 aromatic carbocycles. The SMILES string of the molecule is C=C1C[C@H]2[C@H]3CC[C@@](O)(C(C)=O)[C@@]3(C)CC[C@H]2[C@]2(C)CCC(=O)C=C12. The Morgan fingerprint density at radius 1 is 1.20 bits per heavy atom. The highest BCUT2D eigenvalue weighted by Crippen LogP contribution is 2.68. The zero-order chi connectivity index (χ0) is 18.2. The second-order valence-electron chi connectivity index (χ2n) is 9.54. The first kappa shape index (κ1) is 17.2. The lowest BCUT2D eigenvalue weighted by Crippen LogP contribution is -2.57. The highest BCUT2D eigenvalue weighted by molar-refractivity contribution is 5.92. The molecule has 0 spiro atoms. The van der Waals surface area contributed by atoms with E-state index < -0.39 is 5.60 Å². The van der Waals surface area contributed by atoms with Gasteiger partial charge >= 0.3 is 0 Å². The van der Waals surface area contributed by atoms with E-state index in [0.717, 1.165) is 37.7 Å². The Kier molecular flexibility index (Phi) is 3.55. The second-order valence-corrected chi connectivity index (χ2v) is 9.54. The fourth-order valence-corrected chi connectivity index (χ4v) is 7.16. The number of hydrogen-bond acceptors (Lipinski definition) is 3. The first-order valence-corrected chi connectivity index (χ1v) is 9.80. The predicted octanol–water partition coefficient (Wildman–Crippen LogP) is 4.00. The zero-order valence-corrected chi connectivity index (χ0v) is 15.7. The van der Waals surface area contributed by atoms with E-state index >= 15 is 0 Å². The minimum atomic E-state index is -1.16. The van der Waals surface area contributed by atoms with E-state index in [1.165, 1.54) is 5.57 Å². The van der Waals surface area contributed by atoms with Crippen LogP contribution in [-0.2, 0) is 9.59 Å². The molecule has 3 fully saturated rings. The topological polar surface area (TPSA) is 54.4 Å². The summed E-state index contributed by atoms with van der Waals surface area (Å²) in [5.41, 5.74) is 0.852. The van der Waals surface area contributed by atoms with Crippen LogP contribution in [0.3, 0.4) is 0 Å². The van der Waals surface area contributed by atoms with Crippen molar-refractivity contribution in [1.82, 2.24) is 0 Å². The molecule has 0 bridgehead atoms. The maximum absolute atomic E-state index is 12.3. The molecule has 0 aromatic heterocycles. The van der Waals surface area contributed by atoms with Gasteiger partial charge in [0.25, 0.3) is 0 Å². The van der Waals surface area contributed by atoms with Crippen LogP contribution in [0.2, 0.25) is 0 Å². The number of rotatable bonds is 1. The van der Waals surface area contributed by atoms with Gasteiger partial charge in [0.2, 0.25) is 0 Å². The third-order valence-corrected chi connectivity index (χ3v) is 8.66. The van der Waals surface area contributed by atoms with Crippen LogP contribution in [0.5, 0.6) is 0 Å². The second kappa shape index (κ2) is 5.16. The normalized spacial score (nSPS) is 49.1. The van der Waals surface area contributed by atoms with Gasteiger partial charge in [-0.3, -0.25) is 9.59 Å². The minimum absolute atomic E-state index is 0.0339. The van der Waals surface area contributed by atoms with Crippen molar-refractivity contribution in [3.8, 4) is 0 Å². The molecule has 0 saturated heterocycles. The molecule has 0 amide bonds. The summed E-state index contributed by atoms with van der Waals surface area (Å²) in [6.07, 6.45) is 7.77. The smallest absolute Gasteiger partial charge is 0.161 e. The molecule has 0 aliphatic heterocycles. The number of aliphatic hydroxyl groups is 1. The number of Topliss-reactive ketones (excluding diaryl/α,β-unsaturated/α-hetero) is 1.